The molecule has 0 unspecified atom stereocenters. The molecule has 1 aliphatic heterocycles. The second-order valence-corrected chi connectivity index (χ2v) is 4.16. The topological polar surface area (TPSA) is 24.8 Å². The first-order valence-corrected chi connectivity index (χ1v) is 5.59. The van der Waals surface area contributed by atoms with Crippen LogP contribution in [-0.4, -0.2) is 13.1 Å². The molecule has 1 aliphatic carbocycles. The lowest BCUT2D eigenvalue weighted by Gasteiger charge is -2.28. The standard InChI is InChI=1S/C14H10N2O/c1-2-5-11-10(4-1)12-6-3-7-13(14(11)12)16-9-17-8-15-16/h1-8H,9H2. The van der Waals surface area contributed by atoms with Gasteiger partial charge in [0, 0.05) is 5.56 Å². The van der Waals surface area contributed by atoms with Gasteiger partial charge in [0.2, 0.25) is 0 Å². The van der Waals surface area contributed by atoms with Crippen LogP contribution in [-0.2, 0) is 4.74 Å². The van der Waals surface area contributed by atoms with Crippen LogP contribution in [0.5, 0.6) is 0 Å². The van der Waals surface area contributed by atoms with Crippen LogP contribution in [0.2, 0.25) is 0 Å². The minimum absolute atomic E-state index is 0.499. The van der Waals surface area contributed by atoms with E-state index in [9.17, 15) is 0 Å². The van der Waals surface area contributed by atoms with E-state index in [-0.39, 0.29) is 0 Å². The van der Waals surface area contributed by atoms with Gasteiger partial charge < -0.3 is 4.74 Å². The van der Waals surface area contributed by atoms with Crippen LogP contribution in [0.25, 0.3) is 22.3 Å². The van der Waals surface area contributed by atoms with E-state index in [1.807, 2.05) is 5.01 Å². The maximum Gasteiger partial charge on any atom is 0.195 e. The molecule has 0 saturated heterocycles. The monoisotopic (exact) mass is 222 g/mol. The molecule has 4 rings (SSSR count). The van der Waals surface area contributed by atoms with Crippen LogP contribution in [0.4, 0.5) is 5.69 Å². The van der Waals surface area contributed by atoms with Crippen LogP contribution < -0.4 is 5.01 Å². The number of fused-ring (bicyclic) bond motifs is 4. The van der Waals surface area contributed by atoms with Crippen molar-refractivity contribution >= 4 is 12.1 Å². The number of nitrogens with zero attached hydrogens (tertiary/aromatic N) is 2. The molecule has 0 spiro atoms. The highest BCUT2D eigenvalue weighted by Crippen LogP contribution is 2.51. The average molecular weight is 222 g/mol. The first-order valence-electron chi connectivity index (χ1n) is 5.59. The third-order valence-electron chi connectivity index (χ3n) is 3.26. The number of hydrogen-bond acceptors (Lipinski definition) is 3. The summed E-state index contributed by atoms with van der Waals surface area (Å²) in [5.41, 5.74) is 6.34. The number of rotatable bonds is 1. The van der Waals surface area contributed by atoms with Crippen molar-refractivity contribution in [2.75, 3.05) is 11.7 Å². The van der Waals surface area contributed by atoms with Crippen molar-refractivity contribution in [1.82, 2.24) is 0 Å². The van der Waals surface area contributed by atoms with E-state index in [1.165, 1.54) is 28.7 Å². The van der Waals surface area contributed by atoms with Crippen LogP contribution >= 0.6 is 0 Å². The first-order chi connectivity index (χ1) is 8.45. The van der Waals surface area contributed by atoms with Gasteiger partial charge in [-0.05, 0) is 22.8 Å². The Kier molecular flexibility index (Phi) is 1.61. The van der Waals surface area contributed by atoms with Crippen molar-refractivity contribution in [3.8, 4) is 22.3 Å². The summed E-state index contributed by atoms with van der Waals surface area (Å²) < 4.78 is 5.15. The van der Waals surface area contributed by atoms with Crippen molar-refractivity contribution in [2.24, 2.45) is 5.10 Å². The highest BCUT2D eigenvalue weighted by molar-refractivity contribution is 6.07. The van der Waals surface area contributed by atoms with Gasteiger partial charge in [-0.15, -0.1) is 5.10 Å². The largest absolute Gasteiger partial charge is 0.459 e. The number of hydrogen-bond donors (Lipinski definition) is 0. The molecule has 0 amide bonds. The quantitative estimate of drug-likeness (QED) is 0.632. The maximum absolute atomic E-state index is 5.15. The zero-order valence-corrected chi connectivity index (χ0v) is 9.13. The van der Waals surface area contributed by atoms with Gasteiger partial charge in [-0.2, -0.15) is 0 Å². The van der Waals surface area contributed by atoms with Crippen molar-refractivity contribution < 1.29 is 4.74 Å². The van der Waals surface area contributed by atoms with Crippen LogP contribution in [0.15, 0.2) is 47.6 Å². The van der Waals surface area contributed by atoms with Crippen molar-refractivity contribution in [2.45, 2.75) is 0 Å². The maximum atomic E-state index is 5.15. The fraction of sp³-hybridized carbons (Fsp3) is 0.0714. The van der Waals surface area contributed by atoms with Crippen LogP contribution in [0.1, 0.15) is 0 Å². The molecular formula is C14H10N2O. The fourth-order valence-electron chi connectivity index (χ4n) is 2.50. The van der Waals surface area contributed by atoms with Gasteiger partial charge in [-0.1, -0.05) is 36.4 Å². The van der Waals surface area contributed by atoms with E-state index in [0.717, 1.165) is 5.69 Å². The molecule has 1 heterocycles. The lowest BCUT2D eigenvalue weighted by atomic mass is 9.79. The zero-order valence-electron chi connectivity index (χ0n) is 9.13. The summed E-state index contributed by atoms with van der Waals surface area (Å²) in [6.45, 7) is 0.499. The second-order valence-electron chi connectivity index (χ2n) is 4.16. The lowest BCUT2D eigenvalue weighted by Crippen LogP contribution is -2.16. The molecule has 0 N–H and O–H groups in total. The van der Waals surface area contributed by atoms with Crippen molar-refractivity contribution in [3.63, 3.8) is 0 Å². The van der Waals surface area contributed by atoms with Gasteiger partial charge in [-0.25, -0.2) is 5.01 Å². The summed E-state index contributed by atoms with van der Waals surface area (Å²) in [5.74, 6) is 0. The highest BCUT2D eigenvalue weighted by atomic mass is 16.5. The molecule has 2 aliphatic rings. The van der Waals surface area contributed by atoms with E-state index in [2.05, 4.69) is 47.6 Å². The molecule has 0 bridgehead atoms. The first kappa shape index (κ1) is 8.82. The molecule has 2 aromatic rings. The Bertz CT molecular complexity index is 634. The van der Waals surface area contributed by atoms with Gasteiger partial charge in [0.15, 0.2) is 13.1 Å². The van der Waals surface area contributed by atoms with Gasteiger partial charge in [0.05, 0.1) is 5.69 Å². The lowest BCUT2D eigenvalue weighted by molar-refractivity contribution is 0.350. The molecular weight excluding hydrogens is 212 g/mol. The summed E-state index contributed by atoms with van der Waals surface area (Å²) in [6, 6.07) is 14.8. The Hall–Kier alpha value is -2.29. The molecule has 82 valence electrons. The van der Waals surface area contributed by atoms with E-state index in [0.29, 0.717) is 6.73 Å². The molecule has 0 saturated carbocycles. The molecule has 17 heavy (non-hydrogen) atoms. The third-order valence-corrected chi connectivity index (χ3v) is 3.26. The van der Waals surface area contributed by atoms with E-state index in [1.54, 1.807) is 0 Å². The van der Waals surface area contributed by atoms with Crippen molar-refractivity contribution in [3.05, 3.63) is 42.5 Å². The SMILES string of the molecule is C1=NN(c2cccc3c2-c2ccccc2-3)CO1. The number of benzene rings is 2. The summed E-state index contributed by atoms with van der Waals surface area (Å²) in [6.07, 6.45) is 1.49. The van der Waals surface area contributed by atoms with Gasteiger partial charge >= 0.3 is 0 Å². The van der Waals surface area contributed by atoms with E-state index in [4.69, 9.17) is 4.74 Å². The Morgan fingerprint density at radius 1 is 0.941 bits per heavy atom. The predicted octanol–water partition coefficient (Wildman–Crippen LogP) is 3.07. The Morgan fingerprint density at radius 2 is 1.76 bits per heavy atom. The molecule has 0 fully saturated rings. The number of anilines is 1. The summed E-state index contributed by atoms with van der Waals surface area (Å²) in [7, 11) is 0. The number of ether oxygens (including phenoxy) is 1. The Balaban J connectivity index is 1.90. The van der Waals surface area contributed by atoms with Gasteiger partial charge in [-0.3, -0.25) is 0 Å². The molecule has 3 nitrogen and oxygen atoms in total. The molecule has 0 atom stereocenters. The predicted molar refractivity (Wildman–Crippen MR) is 67.8 cm³/mol. The fourth-order valence-corrected chi connectivity index (χ4v) is 2.50. The van der Waals surface area contributed by atoms with Gasteiger partial charge in [0.25, 0.3) is 0 Å². The van der Waals surface area contributed by atoms with E-state index >= 15 is 0 Å². The van der Waals surface area contributed by atoms with Crippen LogP contribution in [0, 0.1) is 0 Å². The van der Waals surface area contributed by atoms with Crippen LogP contribution in [0.3, 0.4) is 0 Å². The van der Waals surface area contributed by atoms with Gasteiger partial charge in [0.1, 0.15) is 0 Å². The molecule has 0 radical (unpaired) electrons. The molecule has 0 aromatic heterocycles. The Labute approximate surface area is 98.9 Å². The minimum Gasteiger partial charge on any atom is -0.459 e. The van der Waals surface area contributed by atoms with Crippen molar-refractivity contribution in [1.29, 1.82) is 0 Å². The number of hydrazone groups is 1. The molecule has 3 heteroatoms. The molecule has 2 aromatic carbocycles. The van der Waals surface area contributed by atoms with E-state index < -0.39 is 0 Å². The second kappa shape index (κ2) is 3.10. The third kappa shape index (κ3) is 1.08. The summed E-state index contributed by atoms with van der Waals surface area (Å²) in [4.78, 5) is 0. The minimum atomic E-state index is 0.499. The highest BCUT2D eigenvalue weighted by Gasteiger charge is 2.27. The smallest absolute Gasteiger partial charge is 0.195 e. The average Bonchev–Trinajstić information content (AvgIpc) is 2.89. The summed E-state index contributed by atoms with van der Waals surface area (Å²) in [5, 5.41) is 6.08. The summed E-state index contributed by atoms with van der Waals surface area (Å²) >= 11 is 0. The zero-order chi connectivity index (χ0) is 11.2. The normalized spacial score (nSPS) is 14.9. The Morgan fingerprint density at radius 3 is 2.59 bits per heavy atom.